The van der Waals surface area contributed by atoms with Crippen LogP contribution in [-0.2, 0) is 57.1 Å². The number of methoxy groups -OCH3 is 3. The summed E-state index contributed by atoms with van der Waals surface area (Å²) < 4.78 is 41.2. The molecular formula is C56H85NO14. The summed E-state index contributed by atoms with van der Waals surface area (Å²) in [6.45, 7) is 15.3. The van der Waals surface area contributed by atoms with Gasteiger partial charge in [0.1, 0.15) is 42.3 Å². The number of carbonyl (C=O) groups is 5. The first-order valence-corrected chi connectivity index (χ1v) is 25.9. The summed E-state index contributed by atoms with van der Waals surface area (Å²) in [6.07, 6.45) is 14.5. The fourth-order valence-electron chi connectivity index (χ4n) is 10.6. The summed E-state index contributed by atoms with van der Waals surface area (Å²) in [6, 6.07) is -1.15. The van der Waals surface area contributed by atoms with E-state index in [0.717, 1.165) is 18.4 Å². The second-order valence-corrected chi connectivity index (χ2v) is 20.7. The van der Waals surface area contributed by atoms with Crippen molar-refractivity contribution in [2.24, 2.45) is 35.5 Å². The predicted molar refractivity (Wildman–Crippen MR) is 268 cm³/mol. The fourth-order valence-corrected chi connectivity index (χ4v) is 10.6. The van der Waals surface area contributed by atoms with Crippen molar-refractivity contribution >= 4 is 29.2 Å². The molecular weight excluding hydrogens is 911 g/mol. The molecule has 3 fully saturated rings. The Labute approximate surface area is 423 Å². The smallest absolute Gasteiger partial charge is 0.329 e. The summed E-state index contributed by atoms with van der Waals surface area (Å²) in [4.78, 5) is 72.5. The van der Waals surface area contributed by atoms with Crippen molar-refractivity contribution in [1.82, 2.24) is 4.90 Å². The monoisotopic (exact) mass is 996 g/mol. The first kappa shape index (κ1) is 59.6. The normalized spacial score (nSPS) is 36.5. The lowest BCUT2D eigenvalue weighted by molar-refractivity contribution is -0.265. The number of fused-ring (bicyclic) bond motifs is 3. The zero-order chi connectivity index (χ0) is 52.4. The molecule has 0 aromatic carbocycles. The third kappa shape index (κ3) is 16.8. The van der Waals surface area contributed by atoms with Crippen LogP contribution in [0.3, 0.4) is 0 Å². The van der Waals surface area contributed by atoms with Gasteiger partial charge in [-0.1, -0.05) is 77.0 Å². The van der Waals surface area contributed by atoms with Crippen molar-refractivity contribution in [2.45, 2.75) is 187 Å². The van der Waals surface area contributed by atoms with Crippen LogP contribution < -0.4 is 0 Å². The number of cyclic esters (lactones) is 1. The molecule has 1 saturated carbocycles. The van der Waals surface area contributed by atoms with Gasteiger partial charge in [-0.05, 0) is 107 Å². The number of carbonyl (C=O) groups excluding carboxylic acids is 5. The quantitative estimate of drug-likeness (QED) is 0.0734. The number of amides is 1. The number of aliphatic hydroxyl groups is 2. The third-order valence-corrected chi connectivity index (χ3v) is 15.1. The Morgan fingerprint density at radius 3 is 2.31 bits per heavy atom. The molecule has 0 aromatic heterocycles. The lowest BCUT2D eigenvalue weighted by Crippen LogP contribution is -2.61. The molecule has 2 N–H and O–H groups in total. The Balaban J connectivity index is 1.71. The van der Waals surface area contributed by atoms with Gasteiger partial charge < -0.3 is 48.3 Å². The average molecular weight is 996 g/mol. The van der Waals surface area contributed by atoms with Gasteiger partial charge >= 0.3 is 5.97 Å². The molecule has 2 bridgehead atoms. The van der Waals surface area contributed by atoms with E-state index in [1.807, 2.05) is 58.1 Å². The molecule has 398 valence electrons. The number of hydrogen-bond donors (Lipinski definition) is 2. The lowest BCUT2D eigenvalue weighted by Gasteiger charge is -2.42. The molecule has 4 aliphatic rings. The topological polar surface area (TPSA) is 194 Å². The first-order chi connectivity index (χ1) is 33.8. The Morgan fingerprint density at radius 2 is 1.62 bits per heavy atom. The van der Waals surface area contributed by atoms with E-state index in [4.69, 9.17) is 33.2 Å². The van der Waals surface area contributed by atoms with Gasteiger partial charge in [-0.3, -0.25) is 19.2 Å². The largest absolute Gasteiger partial charge is 0.460 e. The number of aliphatic hydroxyl groups excluding tert-OH is 1. The van der Waals surface area contributed by atoms with Crippen LogP contribution in [0.15, 0.2) is 47.6 Å². The second-order valence-electron chi connectivity index (χ2n) is 20.7. The molecule has 3 heterocycles. The molecule has 15 heteroatoms. The Bertz CT molecular complexity index is 1970. The van der Waals surface area contributed by atoms with Gasteiger partial charge in [-0.2, -0.15) is 0 Å². The number of esters is 1. The van der Waals surface area contributed by atoms with Crippen LogP contribution in [0.4, 0.5) is 0 Å². The molecule has 1 unspecified atom stereocenters. The van der Waals surface area contributed by atoms with Gasteiger partial charge in [0.25, 0.3) is 11.7 Å². The summed E-state index contributed by atoms with van der Waals surface area (Å²) in [5.41, 5.74) is 1.20. The Kier molecular flexibility index (Phi) is 24.3. The molecule has 3 aliphatic heterocycles. The maximum atomic E-state index is 14.5. The minimum absolute atomic E-state index is 0.000433. The number of ether oxygens (including phenoxy) is 7. The Morgan fingerprint density at radius 1 is 0.873 bits per heavy atom. The minimum Gasteiger partial charge on any atom is -0.460 e. The lowest BCUT2D eigenvalue weighted by atomic mass is 9.78. The molecule has 1 amide bonds. The van der Waals surface area contributed by atoms with E-state index >= 15 is 0 Å². The molecule has 15 nitrogen and oxygen atoms in total. The highest BCUT2D eigenvalue weighted by atomic mass is 16.6. The van der Waals surface area contributed by atoms with Gasteiger partial charge in [0, 0.05) is 65.4 Å². The highest BCUT2D eigenvalue weighted by Gasteiger charge is 2.53. The summed E-state index contributed by atoms with van der Waals surface area (Å²) in [7, 11) is 4.67. The number of allylic oxidation sites excluding steroid dienone is 6. The molecule has 1 aliphatic carbocycles. The molecule has 0 spiro atoms. The molecule has 0 radical (unpaired) electrons. The SMILES string of the molecule is CC#CO[C@H]1C[C@@H]2CC[C@@H](C)[C@@](O)(O2)C(=O)C(=O)N2CCCC[C@H]2C(=O)OC([C@H](C)C[C@@H]2CC[C@H](OCCOC)[C@H](OC)C2)CC(=O)[C@H](C)/C=C(\C)[C@@H](O)[C@@H](OC)C(=O)[C@H](C)C[C@H](C)/C=C/C=CC=C1C. The third-order valence-electron chi connectivity index (χ3n) is 15.1. The van der Waals surface area contributed by atoms with Crippen LogP contribution in [0, 0.1) is 47.5 Å². The molecule has 71 heavy (non-hydrogen) atoms. The van der Waals surface area contributed by atoms with E-state index < -0.39 is 77.8 Å². The highest BCUT2D eigenvalue weighted by Crippen LogP contribution is 2.38. The van der Waals surface area contributed by atoms with Crippen molar-refractivity contribution in [3.63, 3.8) is 0 Å². The molecule has 15 atom stereocenters. The summed E-state index contributed by atoms with van der Waals surface area (Å²) in [5.74, 6) is -5.27. The number of ketones is 3. The van der Waals surface area contributed by atoms with Crippen LogP contribution in [0.1, 0.15) is 132 Å². The van der Waals surface area contributed by atoms with Gasteiger partial charge in [-0.15, -0.1) is 0 Å². The number of hydrogen-bond acceptors (Lipinski definition) is 14. The number of Topliss-reactive ketones (excluding diaryl/α,β-unsaturated/α-hetero) is 3. The van der Waals surface area contributed by atoms with Crippen molar-refractivity contribution in [2.75, 3.05) is 41.1 Å². The molecule has 4 rings (SSSR count). The van der Waals surface area contributed by atoms with Gasteiger partial charge in [0.2, 0.25) is 5.79 Å². The van der Waals surface area contributed by atoms with Crippen LogP contribution in [-0.4, -0.2) is 140 Å². The second kappa shape index (κ2) is 29.0. The zero-order valence-electron chi connectivity index (χ0n) is 44.4. The van der Waals surface area contributed by atoms with E-state index in [-0.39, 0.29) is 67.3 Å². The zero-order valence-corrected chi connectivity index (χ0v) is 44.4. The fraction of sp³-hybridized carbons (Fsp3) is 0.732. The van der Waals surface area contributed by atoms with Crippen molar-refractivity contribution in [1.29, 1.82) is 0 Å². The minimum atomic E-state index is -2.47. The van der Waals surface area contributed by atoms with Crippen molar-refractivity contribution in [3.05, 3.63) is 47.6 Å². The number of rotatable bonds is 10. The molecule has 2 saturated heterocycles. The average Bonchev–Trinajstić information content (AvgIpc) is 3.35. The van der Waals surface area contributed by atoms with E-state index in [0.29, 0.717) is 63.7 Å². The number of piperidine rings is 1. The van der Waals surface area contributed by atoms with Crippen LogP contribution in [0.5, 0.6) is 0 Å². The standard InChI is InChI=1S/C56H85NO14/c1-12-26-68-47-33-43-23-21-41(8)56(64,71-43)53(61)54(62)57-25-17-16-20-44(57)55(63)70-48(38(5)31-42-22-24-46(49(32-42)66-10)69-28-27-65-9)34-45(58)37(4)30-40(7)51(60)52(67-11)50(59)39(6)29-35(2)18-14-13-15-19-36(47)3/h13-15,18-19,30,35,37-39,41-44,46-49,51-52,60,64H,16-17,20-25,27-29,31-34H2,1-11H3/b15-13?,18-14+,36-19?,40-30+/t35-,37-,38-,39-,41-,42+,43+,44+,46+,47+,48?,49-,51-,52+,56-/m1/s1. The van der Waals surface area contributed by atoms with Gasteiger partial charge in [0.05, 0.1) is 31.5 Å². The van der Waals surface area contributed by atoms with E-state index in [9.17, 15) is 34.2 Å². The maximum Gasteiger partial charge on any atom is 0.329 e. The van der Waals surface area contributed by atoms with Gasteiger partial charge in [0.15, 0.2) is 5.78 Å². The van der Waals surface area contributed by atoms with Crippen LogP contribution in [0.25, 0.3) is 0 Å². The highest BCUT2D eigenvalue weighted by molar-refractivity contribution is 6.39. The van der Waals surface area contributed by atoms with Gasteiger partial charge in [-0.25, -0.2) is 4.79 Å². The Hall–Kier alpha value is -4.01. The maximum absolute atomic E-state index is 14.5. The van der Waals surface area contributed by atoms with Crippen molar-refractivity contribution < 1.29 is 67.3 Å². The van der Waals surface area contributed by atoms with E-state index in [2.05, 4.69) is 12.0 Å². The summed E-state index contributed by atoms with van der Waals surface area (Å²) in [5, 5.41) is 23.6. The van der Waals surface area contributed by atoms with Crippen LogP contribution in [0.2, 0.25) is 0 Å². The number of nitrogens with zero attached hydrogens (tertiary/aromatic N) is 1. The van der Waals surface area contributed by atoms with Crippen LogP contribution >= 0.6 is 0 Å². The first-order valence-electron chi connectivity index (χ1n) is 25.9. The summed E-state index contributed by atoms with van der Waals surface area (Å²) >= 11 is 0. The molecule has 0 aromatic rings. The van der Waals surface area contributed by atoms with Crippen molar-refractivity contribution in [3.8, 4) is 12.0 Å². The van der Waals surface area contributed by atoms with E-state index in [1.54, 1.807) is 48.0 Å². The predicted octanol–water partition coefficient (Wildman–Crippen LogP) is 7.20. The van der Waals surface area contributed by atoms with E-state index in [1.165, 1.54) is 12.0 Å².